The van der Waals surface area contributed by atoms with Crippen molar-refractivity contribution in [2.75, 3.05) is 14.1 Å². The van der Waals surface area contributed by atoms with Gasteiger partial charge in [0.15, 0.2) is 0 Å². The largest absolute Gasteiger partial charge is 0.344 e. The summed E-state index contributed by atoms with van der Waals surface area (Å²) >= 11 is 1.29. The molecule has 0 saturated carbocycles. The van der Waals surface area contributed by atoms with E-state index in [0.717, 1.165) is 0 Å². The molecule has 1 atom stereocenters. The van der Waals surface area contributed by atoms with Gasteiger partial charge in [-0.05, 0) is 6.92 Å². The van der Waals surface area contributed by atoms with Crippen molar-refractivity contribution >= 4 is 17.2 Å². The molecule has 0 fully saturated rings. The minimum absolute atomic E-state index is 0.0741. The number of nitrogens with zero attached hydrogens (tertiary/aromatic N) is 4. The van der Waals surface area contributed by atoms with E-state index in [1.165, 1.54) is 16.2 Å². The second-order valence-electron chi connectivity index (χ2n) is 4.31. The molecule has 19 heavy (non-hydrogen) atoms. The summed E-state index contributed by atoms with van der Waals surface area (Å²) in [5, 5.41) is 0.658. The highest BCUT2D eigenvalue weighted by Crippen LogP contribution is 2.27. The lowest BCUT2D eigenvalue weighted by Crippen LogP contribution is -2.20. The summed E-state index contributed by atoms with van der Waals surface area (Å²) in [6.07, 6.45) is 4.75. The molecule has 0 aliphatic rings. The van der Waals surface area contributed by atoms with Crippen LogP contribution >= 0.6 is 11.3 Å². The second kappa shape index (κ2) is 5.41. The maximum atomic E-state index is 11.8. The third-order valence-electron chi connectivity index (χ3n) is 2.48. The van der Waals surface area contributed by atoms with Crippen LogP contribution in [-0.4, -0.2) is 39.9 Å². The minimum Gasteiger partial charge on any atom is -0.344 e. The van der Waals surface area contributed by atoms with E-state index in [4.69, 9.17) is 5.73 Å². The highest BCUT2D eigenvalue weighted by molar-refractivity contribution is 7.16. The first-order valence-electron chi connectivity index (χ1n) is 5.75. The zero-order chi connectivity index (χ0) is 14.0. The van der Waals surface area contributed by atoms with Gasteiger partial charge in [0.2, 0.25) is 0 Å². The van der Waals surface area contributed by atoms with Gasteiger partial charge in [0.25, 0.3) is 5.91 Å². The van der Waals surface area contributed by atoms with Crippen LogP contribution in [0, 0.1) is 0 Å². The van der Waals surface area contributed by atoms with Gasteiger partial charge in [-0.1, -0.05) is 0 Å². The number of thiazole rings is 1. The Labute approximate surface area is 115 Å². The maximum absolute atomic E-state index is 11.8. The second-order valence-corrected chi connectivity index (χ2v) is 5.34. The molecule has 0 spiro atoms. The van der Waals surface area contributed by atoms with Gasteiger partial charge in [-0.15, -0.1) is 11.3 Å². The summed E-state index contributed by atoms with van der Waals surface area (Å²) in [6.45, 7) is 1.84. The number of aromatic nitrogens is 3. The van der Waals surface area contributed by atoms with Gasteiger partial charge in [0.1, 0.15) is 15.6 Å². The SMILES string of the molecule is C[C@H](N)c1nccnc1-c1ncc(C(=O)N(C)C)s1. The number of hydrogen-bond donors (Lipinski definition) is 1. The van der Waals surface area contributed by atoms with Gasteiger partial charge in [-0.25, -0.2) is 4.98 Å². The van der Waals surface area contributed by atoms with Gasteiger partial charge in [0.05, 0.1) is 11.9 Å². The average molecular weight is 277 g/mol. The van der Waals surface area contributed by atoms with Crippen LogP contribution in [0.5, 0.6) is 0 Å². The molecule has 0 radical (unpaired) electrons. The smallest absolute Gasteiger partial charge is 0.265 e. The van der Waals surface area contributed by atoms with Crippen molar-refractivity contribution in [1.29, 1.82) is 0 Å². The van der Waals surface area contributed by atoms with Gasteiger partial charge >= 0.3 is 0 Å². The number of carbonyl (C=O) groups excluding carboxylic acids is 1. The summed E-state index contributed by atoms with van der Waals surface area (Å²) in [7, 11) is 3.41. The zero-order valence-corrected chi connectivity index (χ0v) is 11.8. The molecule has 2 aromatic heterocycles. The Morgan fingerprint density at radius 1 is 1.32 bits per heavy atom. The standard InChI is InChI=1S/C12H15N5OS/c1-7(13)9-10(15-5-4-14-9)11-16-6-8(19-11)12(18)17(2)3/h4-7H,13H2,1-3H3/t7-/m0/s1. The molecule has 7 heteroatoms. The Kier molecular flexibility index (Phi) is 3.87. The van der Waals surface area contributed by atoms with E-state index in [9.17, 15) is 4.79 Å². The van der Waals surface area contributed by atoms with Crippen LogP contribution in [0.2, 0.25) is 0 Å². The molecule has 2 aromatic rings. The van der Waals surface area contributed by atoms with Gasteiger partial charge in [-0.2, -0.15) is 0 Å². The topological polar surface area (TPSA) is 85.0 Å². The van der Waals surface area contributed by atoms with Gasteiger partial charge in [-0.3, -0.25) is 14.8 Å². The van der Waals surface area contributed by atoms with Crippen molar-refractivity contribution in [3.8, 4) is 10.7 Å². The van der Waals surface area contributed by atoms with Crippen LogP contribution in [0.1, 0.15) is 28.3 Å². The van der Waals surface area contributed by atoms with Crippen molar-refractivity contribution in [3.05, 3.63) is 29.2 Å². The highest BCUT2D eigenvalue weighted by atomic mass is 32.1. The number of rotatable bonds is 3. The minimum atomic E-state index is -0.236. The lowest BCUT2D eigenvalue weighted by Gasteiger charge is -2.08. The highest BCUT2D eigenvalue weighted by Gasteiger charge is 2.18. The Hall–Kier alpha value is -1.86. The van der Waals surface area contributed by atoms with Crippen LogP contribution in [0.4, 0.5) is 0 Å². The van der Waals surface area contributed by atoms with Gasteiger partial charge < -0.3 is 10.6 Å². The molecular formula is C12H15N5OS. The molecule has 1 amide bonds. The van der Waals surface area contributed by atoms with Crippen LogP contribution in [-0.2, 0) is 0 Å². The van der Waals surface area contributed by atoms with E-state index in [-0.39, 0.29) is 11.9 Å². The summed E-state index contributed by atoms with van der Waals surface area (Å²) in [4.78, 5) is 26.7. The molecule has 0 unspecified atom stereocenters. The Bertz CT molecular complexity index is 593. The summed E-state index contributed by atoms with van der Waals surface area (Å²) in [5.41, 5.74) is 7.19. The molecule has 0 aromatic carbocycles. The number of carbonyl (C=O) groups is 1. The fourth-order valence-electron chi connectivity index (χ4n) is 1.55. The Morgan fingerprint density at radius 3 is 2.63 bits per heavy atom. The number of nitrogens with two attached hydrogens (primary N) is 1. The summed E-state index contributed by atoms with van der Waals surface area (Å²) < 4.78 is 0. The van der Waals surface area contributed by atoms with Crippen molar-refractivity contribution in [2.45, 2.75) is 13.0 Å². The fourth-order valence-corrected chi connectivity index (χ4v) is 2.49. The first kappa shape index (κ1) is 13.6. The summed E-state index contributed by atoms with van der Waals surface area (Å²) in [6, 6.07) is -0.236. The molecule has 0 aliphatic heterocycles. The lowest BCUT2D eigenvalue weighted by atomic mass is 10.2. The van der Waals surface area contributed by atoms with E-state index in [2.05, 4.69) is 15.0 Å². The average Bonchev–Trinajstić information content (AvgIpc) is 2.87. The van der Waals surface area contributed by atoms with Gasteiger partial charge in [0, 0.05) is 32.5 Å². The first-order chi connectivity index (χ1) is 9.00. The van der Waals surface area contributed by atoms with E-state index in [0.29, 0.717) is 21.3 Å². The number of amides is 1. The Morgan fingerprint density at radius 2 is 2.00 bits per heavy atom. The van der Waals surface area contributed by atoms with Crippen molar-refractivity contribution < 1.29 is 4.79 Å². The van der Waals surface area contributed by atoms with Crippen LogP contribution in [0.25, 0.3) is 10.7 Å². The molecular weight excluding hydrogens is 262 g/mol. The maximum Gasteiger partial charge on any atom is 0.265 e. The third-order valence-corrected chi connectivity index (χ3v) is 3.48. The van der Waals surface area contributed by atoms with E-state index >= 15 is 0 Å². The van der Waals surface area contributed by atoms with E-state index in [1.807, 2.05) is 6.92 Å². The lowest BCUT2D eigenvalue weighted by molar-refractivity contribution is 0.0832. The molecule has 100 valence electrons. The molecule has 0 aliphatic carbocycles. The molecule has 0 bridgehead atoms. The van der Waals surface area contributed by atoms with Crippen molar-refractivity contribution in [3.63, 3.8) is 0 Å². The Balaban J connectivity index is 2.41. The first-order valence-corrected chi connectivity index (χ1v) is 6.56. The third kappa shape index (κ3) is 2.77. The fraction of sp³-hybridized carbons (Fsp3) is 0.333. The molecule has 0 saturated heterocycles. The molecule has 2 N–H and O–H groups in total. The zero-order valence-electron chi connectivity index (χ0n) is 11.0. The predicted octanol–water partition coefficient (Wildman–Crippen LogP) is 1.32. The molecule has 2 heterocycles. The molecule has 2 rings (SSSR count). The monoisotopic (exact) mass is 277 g/mol. The molecule has 6 nitrogen and oxygen atoms in total. The van der Waals surface area contributed by atoms with E-state index < -0.39 is 0 Å². The predicted molar refractivity (Wildman–Crippen MR) is 73.8 cm³/mol. The van der Waals surface area contributed by atoms with E-state index in [1.54, 1.807) is 32.7 Å². The van der Waals surface area contributed by atoms with Crippen molar-refractivity contribution in [2.24, 2.45) is 5.73 Å². The van der Waals surface area contributed by atoms with Crippen LogP contribution in [0.3, 0.4) is 0 Å². The quantitative estimate of drug-likeness (QED) is 0.914. The normalized spacial score (nSPS) is 12.2. The van der Waals surface area contributed by atoms with Crippen molar-refractivity contribution in [1.82, 2.24) is 19.9 Å². The van der Waals surface area contributed by atoms with Crippen LogP contribution < -0.4 is 5.73 Å². The summed E-state index contributed by atoms with van der Waals surface area (Å²) in [5.74, 6) is -0.0741. The van der Waals surface area contributed by atoms with Crippen LogP contribution in [0.15, 0.2) is 18.6 Å². The number of hydrogen-bond acceptors (Lipinski definition) is 6.